The summed E-state index contributed by atoms with van der Waals surface area (Å²) in [7, 11) is 0. The van der Waals surface area contributed by atoms with Gasteiger partial charge in [-0.3, -0.25) is 9.48 Å². The van der Waals surface area contributed by atoms with Crippen molar-refractivity contribution in [1.82, 2.24) is 14.7 Å². The molecule has 1 aromatic heterocycles. The number of hydrogen-bond acceptors (Lipinski definition) is 3. The van der Waals surface area contributed by atoms with E-state index in [4.69, 9.17) is 4.74 Å². The molecule has 0 spiro atoms. The zero-order valence-electron chi connectivity index (χ0n) is 18.6. The van der Waals surface area contributed by atoms with Crippen molar-refractivity contribution in [2.45, 2.75) is 65.8 Å². The summed E-state index contributed by atoms with van der Waals surface area (Å²) in [4.78, 5) is 15.0. The highest BCUT2D eigenvalue weighted by Crippen LogP contribution is 2.26. The Hall–Kier alpha value is -2.30. The molecule has 0 aliphatic carbocycles. The summed E-state index contributed by atoms with van der Waals surface area (Å²) in [6.07, 6.45) is 6.16. The van der Waals surface area contributed by atoms with Crippen molar-refractivity contribution in [2.24, 2.45) is 5.92 Å². The van der Waals surface area contributed by atoms with Gasteiger partial charge >= 0.3 is 0 Å². The van der Waals surface area contributed by atoms with Crippen LogP contribution in [0.1, 0.15) is 68.6 Å². The van der Waals surface area contributed by atoms with Gasteiger partial charge in [0, 0.05) is 18.8 Å². The lowest BCUT2D eigenvalue weighted by atomic mass is 9.90. The minimum Gasteiger partial charge on any atom is -0.494 e. The van der Waals surface area contributed by atoms with Gasteiger partial charge in [-0.05, 0) is 83.9 Å². The third-order valence-electron chi connectivity index (χ3n) is 5.85. The molecule has 0 bridgehead atoms. The van der Waals surface area contributed by atoms with Gasteiger partial charge in [0.1, 0.15) is 5.75 Å². The van der Waals surface area contributed by atoms with Gasteiger partial charge in [-0.1, -0.05) is 12.1 Å². The van der Waals surface area contributed by atoms with Crippen LogP contribution in [0, 0.1) is 12.8 Å². The fourth-order valence-corrected chi connectivity index (χ4v) is 4.18. The van der Waals surface area contributed by atoms with Gasteiger partial charge < -0.3 is 9.64 Å². The summed E-state index contributed by atoms with van der Waals surface area (Å²) < 4.78 is 7.46. The molecule has 0 radical (unpaired) electrons. The van der Waals surface area contributed by atoms with E-state index in [1.807, 2.05) is 23.4 Å². The van der Waals surface area contributed by atoms with Crippen LogP contribution in [0.4, 0.5) is 0 Å². The quantitative estimate of drug-likeness (QED) is 0.701. The highest BCUT2D eigenvalue weighted by molar-refractivity contribution is 5.95. The van der Waals surface area contributed by atoms with Gasteiger partial charge in [-0.2, -0.15) is 5.10 Å². The van der Waals surface area contributed by atoms with Crippen LogP contribution in [0.15, 0.2) is 30.5 Å². The fraction of sp³-hybridized carbons (Fsp3) is 0.583. The number of carbonyl (C=O) groups is 1. The van der Waals surface area contributed by atoms with Crippen molar-refractivity contribution in [3.63, 3.8) is 0 Å². The number of aromatic nitrogens is 2. The van der Waals surface area contributed by atoms with E-state index in [1.54, 1.807) is 6.20 Å². The van der Waals surface area contributed by atoms with Crippen molar-refractivity contribution in [3.8, 4) is 5.75 Å². The molecule has 1 aromatic carbocycles. The first-order chi connectivity index (χ1) is 13.8. The van der Waals surface area contributed by atoms with Crippen molar-refractivity contribution in [2.75, 3.05) is 19.7 Å². The molecular weight excluding hydrogens is 362 g/mol. The summed E-state index contributed by atoms with van der Waals surface area (Å²) in [5, 5.41) is 4.46. The monoisotopic (exact) mass is 397 g/mol. The van der Waals surface area contributed by atoms with E-state index in [-0.39, 0.29) is 11.4 Å². The lowest BCUT2D eigenvalue weighted by molar-refractivity contribution is 0.0686. The number of rotatable bonds is 6. The van der Waals surface area contributed by atoms with E-state index in [0.29, 0.717) is 12.5 Å². The highest BCUT2D eigenvalue weighted by atomic mass is 16.5. The molecule has 2 aromatic rings. The molecule has 29 heavy (non-hydrogen) atoms. The normalized spacial score (nSPS) is 15.6. The maximum atomic E-state index is 13.0. The standard InChI is InChI=1S/C24H35N3O2/c1-6-29-21-11-9-19(10-12-21)7-8-20-13-15-26(16-14-20)23(28)22-17-25-27(18(22)2)24(3,4)5/h9-12,17,20H,6-8,13-16H2,1-5H3. The third-order valence-corrected chi connectivity index (χ3v) is 5.85. The first-order valence-corrected chi connectivity index (χ1v) is 10.9. The zero-order valence-corrected chi connectivity index (χ0v) is 18.6. The molecule has 0 N–H and O–H groups in total. The highest BCUT2D eigenvalue weighted by Gasteiger charge is 2.27. The molecule has 1 saturated heterocycles. The largest absolute Gasteiger partial charge is 0.494 e. The van der Waals surface area contributed by atoms with Gasteiger partial charge in [0.2, 0.25) is 0 Å². The molecule has 3 rings (SSSR count). The Bertz CT molecular complexity index is 810. The molecule has 5 heteroatoms. The first kappa shape index (κ1) is 21.4. The van der Waals surface area contributed by atoms with Crippen LogP contribution in [0.2, 0.25) is 0 Å². The van der Waals surface area contributed by atoms with E-state index < -0.39 is 0 Å². The Kier molecular flexibility index (Phi) is 6.66. The number of carbonyl (C=O) groups excluding carboxylic acids is 1. The maximum absolute atomic E-state index is 13.0. The van der Waals surface area contributed by atoms with E-state index in [9.17, 15) is 4.79 Å². The maximum Gasteiger partial charge on any atom is 0.257 e. The van der Waals surface area contributed by atoms with Crippen LogP contribution in [-0.4, -0.2) is 40.3 Å². The van der Waals surface area contributed by atoms with Gasteiger partial charge in [-0.15, -0.1) is 0 Å². The number of hydrogen-bond donors (Lipinski definition) is 0. The lowest BCUT2D eigenvalue weighted by Gasteiger charge is -2.32. The average Bonchev–Trinajstić information content (AvgIpc) is 3.09. The Labute approximate surface area is 175 Å². The SMILES string of the molecule is CCOc1ccc(CCC2CCN(C(=O)c3cnn(C(C)(C)C)c3C)CC2)cc1. The van der Waals surface area contributed by atoms with Crippen LogP contribution in [0.5, 0.6) is 5.75 Å². The smallest absolute Gasteiger partial charge is 0.257 e. The lowest BCUT2D eigenvalue weighted by Crippen LogP contribution is -2.38. The molecule has 158 valence electrons. The molecule has 1 aliphatic rings. The van der Waals surface area contributed by atoms with Crippen molar-refractivity contribution >= 4 is 5.91 Å². The van der Waals surface area contributed by atoms with E-state index in [1.165, 1.54) is 12.0 Å². The number of aryl methyl sites for hydroxylation is 1. The summed E-state index contributed by atoms with van der Waals surface area (Å²) in [6, 6.07) is 8.44. The summed E-state index contributed by atoms with van der Waals surface area (Å²) in [5.41, 5.74) is 2.95. The van der Waals surface area contributed by atoms with E-state index in [2.05, 4.69) is 50.1 Å². The van der Waals surface area contributed by atoms with Crippen LogP contribution in [-0.2, 0) is 12.0 Å². The molecule has 0 saturated carbocycles. The molecule has 1 amide bonds. The Balaban J connectivity index is 1.50. The number of piperidine rings is 1. The van der Waals surface area contributed by atoms with Crippen molar-refractivity contribution < 1.29 is 9.53 Å². The molecule has 0 atom stereocenters. The van der Waals surface area contributed by atoms with E-state index in [0.717, 1.165) is 49.4 Å². The molecule has 1 fully saturated rings. The predicted octanol–water partition coefficient (Wildman–Crippen LogP) is 4.83. The summed E-state index contributed by atoms with van der Waals surface area (Å²) in [6.45, 7) is 12.7. The second-order valence-corrected chi connectivity index (χ2v) is 9.08. The molecule has 5 nitrogen and oxygen atoms in total. The average molecular weight is 398 g/mol. The summed E-state index contributed by atoms with van der Waals surface area (Å²) >= 11 is 0. The second-order valence-electron chi connectivity index (χ2n) is 9.08. The Morgan fingerprint density at radius 3 is 2.38 bits per heavy atom. The van der Waals surface area contributed by atoms with Gasteiger partial charge in [0.05, 0.1) is 23.9 Å². The molecule has 2 heterocycles. The fourth-order valence-electron chi connectivity index (χ4n) is 4.18. The van der Waals surface area contributed by atoms with Crippen LogP contribution in [0.25, 0.3) is 0 Å². The number of benzene rings is 1. The van der Waals surface area contributed by atoms with Crippen molar-refractivity contribution in [3.05, 3.63) is 47.3 Å². The second kappa shape index (κ2) is 9.02. The van der Waals surface area contributed by atoms with Gasteiger partial charge in [0.25, 0.3) is 5.91 Å². The van der Waals surface area contributed by atoms with Gasteiger partial charge in [0.15, 0.2) is 0 Å². The van der Waals surface area contributed by atoms with Crippen molar-refractivity contribution in [1.29, 1.82) is 0 Å². The van der Waals surface area contributed by atoms with Crippen LogP contribution in [0.3, 0.4) is 0 Å². The first-order valence-electron chi connectivity index (χ1n) is 10.9. The number of amides is 1. The van der Waals surface area contributed by atoms with Crippen LogP contribution >= 0.6 is 0 Å². The minimum atomic E-state index is -0.115. The molecule has 1 aliphatic heterocycles. The third kappa shape index (κ3) is 5.20. The minimum absolute atomic E-state index is 0.115. The molecular formula is C24H35N3O2. The number of nitrogens with zero attached hydrogens (tertiary/aromatic N) is 3. The van der Waals surface area contributed by atoms with Gasteiger partial charge in [-0.25, -0.2) is 0 Å². The summed E-state index contributed by atoms with van der Waals surface area (Å²) in [5.74, 6) is 1.75. The number of ether oxygens (including phenoxy) is 1. The Morgan fingerprint density at radius 1 is 1.17 bits per heavy atom. The number of likely N-dealkylation sites (tertiary alicyclic amines) is 1. The zero-order chi connectivity index (χ0) is 21.0. The topological polar surface area (TPSA) is 47.4 Å². The van der Waals surface area contributed by atoms with Crippen LogP contribution < -0.4 is 4.74 Å². The Morgan fingerprint density at radius 2 is 1.83 bits per heavy atom. The van der Waals surface area contributed by atoms with E-state index >= 15 is 0 Å². The predicted molar refractivity (Wildman–Crippen MR) is 117 cm³/mol. The molecule has 0 unspecified atom stereocenters.